The van der Waals surface area contributed by atoms with E-state index in [2.05, 4.69) is 27.7 Å². The highest BCUT2D eigenvalue weighted by Crippen LogP contribution is 2.37. The normalized spacial score (nSPS) is 29.5. The largest absolute Gasteiger partial charge is 0.0741 e. The van der Waals surface area contributed by atoms with Crippen LogP contribution in [0.2, 0.25) is 0 Å². The molecular weight excluding hydrogens is 156 g/mol. The Labute approximate surface area is 83.4 Å². The van der Waals surface area contributed by atoms with Gasteiger partial charge < -0.3 is 0 Å². The van der Waals surface area contributed by atoms with Crippen LogP contribution in [0, 0.1) is 11.8 Å². The molecule has 2 atom stereocenters. The minimum Gasteiger partial charge on any atom is -0.0741 e. The number of allylic oxidation sites excluding steroid dienone is 2. The monoisotopic (exact) mass is 180 g/mol. The van der Waals surface area contributed by atoms with Crippen LogP contribution in [0.25, 0.3) is 0 Å². The van der Waals surface area contributed by atoms with Crippen molar-refractivity contribution in [2.24, 2.45) is 11.8 Å². The van der Waals surface area contributed by atoms with Gasteiger partial charge in [-0.15, -0.1) is 0 Å². The number of hydrogen-bond donors (Lipinski definition) is 0. The molecule has 0 fully saturated rings. The standard InChI is InChI=1S/C13H24/c1-5-6-7-13-11(3)9-8-10(2)12(13)4/h11,13H,5-9H2,1-4H3. The number of unbranched alkanes of at least 4 members (excludes halogenated alkanes) is 1. The van der Waals surface area contributed by atoms with Crippen molar-refractivity contribution in [2.75, 3.05) is 0 Å². The van der Waals surface area contributed by atoms with Gasteiger partial charge in [-0.2, -0.15) is 0 Å². The third-order valence-corrected chi connectivity index (χ3v) is 3.76. The molecular formula is C13H24. The third-order valence-electron chi connectivity index (χ3n) is 3.76. The summed E-state index contributed by atoms with van der Waals surface area (Å²) in [7, 11) is 0. The first-order chi connectivity index (χ1) is 6.16. The molecule has 0 nitrogen and oxygen atoms in total. The molecule has 76 valence electrons. The fourth-order valence-electron chi connectivity index (χ4n) is 2.51. The lowest BCUT2D eigenvalue weighted by atomic mass is 9.74. The van der Waals surface area contributed by atoms with Crippen molar-refractivity contribution in [1.82, 2.24) is 0 Å². The Morgan fingerprint density at radius 2 is 2.00 bits per heavy atom. The van der Waals surface area contributed by atoms with E-state index in [4.69, 9.17) is 0 Å². The topological polar surface area (TPSA) is 0 Å². The van der Waals surface area contributed by atoms with Crippen molar-refractivity contribution in [2.45, 2.75) is 59.8 Å². The highest BCUT2D eigenvalue weighted by molar-refractivity contribution is 5.17. The minimum absolute atomic E-state index is 0.897. The molecule has 1 aliphatic rings. The smallest absolute Gasteiger partial charge is 0.0178 e. The molecule has 0 aromatic heterocycles. The zero-order valence-electron chi connectivity index (χ0n) is 9.69. The molecule has 0 bridgehead atoms. The lowest BCUT2D eigenvalue weighted by Gasteiger charge is -2.31. The van der Waals surface area contributed by atoms with Gasteiger partial charge in [0, 0.05) is 0 Å². The Bertz CT molecular complexity index is 188. The highest BCUT2D eigenvalue weighted by atomic mass is 14.3. The molecule has 0 N–H and O–H groups in total. The van der Waals surface area contributed by atoms with Crippen LogP contribution in [0.5, 0.6) is 0 Å². The Hall–Kier alpha value is -0.260. The Balaban J connectivity index is 2.61. The molecule has 0 aromatic carbocycles. The molecule has 13 heavy (non-hydrogen) atoms. The second-order valence-corrected chi connectivity index (χ2v) is 4.73. The molecule has 0 saturated carbocycles. The van der Waals surface area contributed by atoms with Crippen LogP contribution in [0.15, 0.2) is 11.1 Å². The summed E-state index contributed by atoms with van der Waals surface area (Å²) in [6.07, 6.45) is 6.92. The maximum atomic E-state index is 2.43. The lowest BCUT2D eigenvalue weighted by molar-refractivity contribution is 0.332. The molecule has 0 spiro atoms. The van der Waals surface area contributed by atoms with Gasteiger partial charge >= 0.3 is 0 Å². The van der Waals surface area contributed by atoms with Gasteiger partial charge in [0.1, 0.15) is 0 Å². The summed E-state index contributed by atoms with van der Waals surface area (Å²) >= 11 is 0. The molecule has 0 heteroatoms. The van der Waals surface area contributed by atoms with E-state index in [9.17, 15) is 0 Å². The molecule has 1 rings (SSSR count). The van der Waals surface area contributed by atoms with Crippen molar-refractivity contribution in [1.29, 1.82) is 0 Å². The predicted octanol–water partition coefficient (Wildman–Crippen LogP) is 4.56. The minimum atomic E-state index is 0.897. The second-order valence-electron chi connectivity index (χ2n) is 4.73. The van der Waals surface area contributed by atoms with E-state index in [-0.39, 0.29) is 0 Å². The van der Waals surface area contributed by atoms with Crippen molar-refractivity contribution < 1.29 is 0 Å². The molecule has 0 aliphatic heterocycles. The Kier molecular flexibility index (Phi) is 4.02. The van der Waals surface area contributed by atoms with E-state index in [0.29, 0.717) is 0 Å². The van der Waals surface area contributed by atoms with Crippen molar-refractivity contribution in [3.05, 3.63) is 11.1 Å². The second kappa shape index (κ2) is 4.83. The summed E-state index contributed by atoms with van der Waals surface area (Å²) in [5.74, 6) is 1.82. The molecule has 0 saturated heterocycles. The molecule has 1 aliphatic carbocycles. The first kappa shape index (κ1) is 10.8. The van der Waals surface area contributed by atoms with Gasteiger partial charge in [-0.1, -0.05) is 37.8 Å². The summed E-state index contributed by atoms with van der Waals surface area (Å²) in [6, 6.07) is 0. The molecule has 2 unspecified atom stereocenters. The van der Waals surface area contributed by atoms with E-state index < -0.39 is 0 Å². The first-order valence-electron chi connectivity index (χ1n) is 5.83. The van der Waals surface area contributed by atoms with Gasteiger partial charge in [0.05, 0.1) is 0 Å². The number of rotatable bonds is 3. The van der Waals surface area contributed by atoms with Gasteiger partial charge in [0.2, 0.25) is 0 Å². The van der Waals surface area contributed by atoms with E-state index >= 15 is 0 Å². The van der Waals surface area contributed by atoms with E-state index in [1.165, 1.54) is 32.1 Å². The molecule has 0 aromatic rings. The average Bonchev–Trinajstić information content (AvgIpc) is 2.12. The summed E-state index contributed by atoms with van der Waals surface area (Å²) in [6.45, 7) is 9.39. The fraction of sp³-hybridized carbons (Fsp3) is 0.846. The van der Waals surface area contributed by atoms with Gasteiger partial charge in [0.25, 0.3) is 0 Å². The van der Waals surface area contributed by atoms with Gasteiger partial charge in [-0.05, 0) is 44.9 Å². The van der Waals surface area contributed by atoms with Crippen LogP contribution >= 0.6 is 0 Å². The van der Waals surface area contributed by atoms with Crippen LogP contribution < -0.4 is 0 Å². The van der Waals surface area contributed by atoms with Crippen LogP contribution in [-0.4, -0.2) is 0 Å². The summed E-state index contributed by atoms with van der Waals surface area (Å²) in [5, 5.41) is 0. The summed E-state index contributed by atoms with van der Waals surface area (Å²) in [5.41, 5.74) is 3.37. The first-order valence-corrected chi connectivity index (χ1v) is 5.83. The maximum Gasteiger partial charge on any atom is -0.0178 e. The van der Waals surface area contributed by atoms with E-state index in [1.54, 1.807) is 11.1 Å². The zero-order chi connectivity index (χ0) is 9.84. The van der Waals surface area contributed by atoms with Crippen LogP contribution in [0.1, 0.15) is 59.8 Å². The fourth-order valence-corrected chi connectivity index (χ4v) is 2.51. The molecule has 0 radical (unpaired) electrons. The van der Waals surface area contributed by atoms with Crippen LogP contribution in [0.4, 0.5) is 0 Å². The Morgan fingerprint density at radius 3 is 2.62 bits per heavy atom. The van der Waals surface area contributed by atoms with Crippen molar-refractivity contribution in [3.8, 4) is 0 Å². The van der Waals surface area contributed by atoms with Crippen molar-refractivity contribution >= 4 is 0 Å². The van der Waals surface area contributed by atoms with E-state index in [0.717, 1.165) is 11.8 Å². The predicted molar refractivity (Wildman–Crippen MR) is 59.8 cm³/mol. The third kappa shape index (κ3) is 2.59. The SMILES string of the molecule is CCCCC1C(C)=C(C)CCC1C. The Morgan fingerprint density at radius 1 is 1.31 bits per heavy atom. The summed E-state index contributed by atoms with van der Waals surface area (Å²) in [4.78, 5) is 0. The average molecular weight is 180 g/mol. The van der Waals surface area contributed by atoms with E-state index in [1.807, 2.05) is 0 Å². The van der Waals surface area contributed by atoms with Crippen molar-refractivity contribution in [3.63, 3.8) is 0 Å². The quantitative estimate of drug-likeness (QED) is 0.558. The summed E-state index contributed by atoms with van der Waals surface area (Å²) < 4.78 is 0. The highest BCUT2D eigenvalue weighted by Gasteiger charge is 2.23. The zero-order valence-corrected chi connectivity index (χ0v) is 9.69. The molecule has 0 heterocycles. The lowest BCUT2D eigenvalue weighted by Crippen LogP contribution is -2.18. The number of hydrogen-bond acceptors (Lipinski definition) is 0. The van der Waals surface area contributed by atoms with Crippen LogP contribution in [0.3, 0.4) is 0 Å². The van der Waals surface area contributed by atoms with Crippen LogP contribution in [-0.2, 0) is 0 Å². The van der Waals surface area contributed by atoms with Gasteiger partial charge in [-0.25, -0.2) is 0 Å². The van der Waals surface area contributed by atoms with Gasteiger partial charge in [-0.3, -0.25) is 0 Å². The van der Waals surface area contributed by atoms with Gasteiger partial charge in [0.15, 0.2) is 0 Å². The maximum absolute atomic E-state index is 2.43. The molecule has 0 amide bonds.